The van der Waals surface area contributed by atoms with E-state index in [1.54, 1.807) is 0 Å². The van der Waals surface area contributed by atoms with Crippen molar-refractivity contribution in [3.8, 4) is 0 Å². The number of benzene rings is 2. The highest BCUT2D eigenvalue weighted by Crippen LogP contribution is 2.16. The molecule has 0 aliphatic rings. The Balaban J connectivity index is 1.86. The molecule has 0 heterocycles. The number of aryl methyl sites for hydroxylation is 1. The molecule has 0 radical (unpaired) electrons. The molecule has 2 N–H and O–H groups in total. The third-order valence-electron chi connectivity index (χ3n) is 3.36. The lowest BCUT2D eigenvalue weighted by atomic mass is 10.1. The summed E-state index contributed by atoms with van der Waals surface area (Å²) in [7, 11) is 0. The van der Waals surface area contributed by atoms with E-state index in [4.69, 9.17) is 0 Å². The summed E-state index contributed by atoms with van der Waals surface area (Å²) in [4.78, 5) is 12.0. The van der Waals surface area contributed by atoms with Gasteiger partial charge in [-0.25, -0.2) is 0 Å². The van der Waals surface area contributed by atoms with Crippen molar-refractivity contribution in [3.63, 3.8) is 0 Å². The van der Waals surface area contributed by atoms with Gasteiger partial charge in [0.05, 0.1) is 6.54 Å². The Bertz CT molecular complexity index is 610. The summed E-state index contributed by atoms with van der Waals surface area (Å²) in [6.45, 7) is 4.31. The van der Waals surface area contributed by atoms with Crippen LogP contribution in [0.25, 0.3) is 0 Å². The lowest BCUT2D eigenvalue weighted by Crippen LogP contribution is -2.30. The first-order valence-electron chi connectivity index (χ1n) is 6.90. The Labute approximate surface area is 133 Å². The third-order valence-corrected chi connectivity index (χ3v) is 3.89. The topological polar surface area (TPSA) is 41.1 Å². The molecule has 0 bridgehead atoms. The van der Waals surface area contributed by atoms with E-state index in [2.05, 4.69) is 26.6 Å². The molecule has 0 aromatic heterocycles. The molecule has 21 heavy (non-hydrogen) atoms. The Hall–Kier alpha value is -1.65. The third kappa shape index (κ3) is 4.69. The van der Waals surface area contributed by atoms with Crippen molar-refractivity contribution in [1.82, 2.24) is 5.32 Å². The van der Waals surface area contributed by atoms with Gasteiger partial charge >= 0.3 is 0 Å². The average Bonchev–Trinajstić information content (AvgIpc) is 2.48. The fourth-order valence-electron chi connectivity index (χ4n) is 2.02. The van der Waals surface area contributed by atoms with Gasteiger partial charge in [0.15, 0.2) is 0 Å². The molecule has 1 amide bonds. The maximum Gasteiger partial charge on any atom is 0.238 e. The predicted molar refractivity (Wildman–Crippen MR) is 90.4 cm³/mol. The minimum atomic E-state index is -0.0340. The zero-order valence-electron chi connectivity index (χ0n) is 12.2. The van der Waals surface area contributed by atoms with Gasteiger partial charge in [-0.15, -0.1) is 0 Å². The van der Waals surface area contributed by atoms with E-state index in [9.17, 15) is 4.79 Å². The molecule has 3 nitrogen and oxygen atoms in total. The second-order valence-electron chi connectivity index (χ2n) is 5.02. The van der Waals surface area contributed by atoms with Gasteiger partial charge in [0, 0.05) is 16.2 Å². The summed E-state index contributed by atoms with van der Waals surface area (Å²) < 4.78 is 1.05. The second kappa shape index (κ2) is 7.38. The standard InChI is InChI=1S/C17H19BrN2O/c1-12-5-3-4-6-16(12)20-17(21)11-19-13(2)14-7-9-15(18)10-8-14/h3-10,13,19H,11H2,1-2H3,(H,20,21)/t13-/m1/s1. The van der Waals surface area contributed by atoms with E-state index in [1.807, 2.05) is 62.4 Å². The molecule has 2 rings (SSSR count). The molecule has 0 aliphatic carbocycles. The molecule has 0 fully saturated rings. The summed E-state index contributed by atoms with van der Waals surface area (Å²) >= 11 is 3.42. The van der Waals surface area contributed by atoms with Gasteiger partial charge < -0.3 is 10.6 Å². The second-order valence-corrected chi connectivity index (χ2v) is 5.93. The van der Waals surface area contributed by atoms with Crippen LogP contribution in [0.3, 0.4) is 0 Å². The van der Waals surface area contributed by atoms with Crippen LogP contribution in [0.2, 0.25) is 0 Å². The van der Waals surface area contributed by atoms with E-state index in [1.165, 1.54) is 0 Å². The highest BCUT2D eigenvalue weighted by molar-refractivity contribution is 9.10. The molecule has 0 saturated heterocycles. The quantitative estimate of drug-likeness (QED) is 0.857. The Morgan fingerprint density at radius 2 is 1.81 bits per heavy atom. The Morgan fingerprint density at radius 3 is 2.48 bits per heavy atom. The zero-order chi connectivity index (χ0) is 15.2. The molecule has 4 heteroatoms. The Morgan fingerprint density at radius 1 is 1.14 bits per heavy atom. The molecule has 0 spiro atoms. The van der Waals surface area contributed by atoms with E-state index >= 15 is 0 Å². The Kier molecular flexibility index (Phi) is 5.53. The summed E-state index contributed by atoms with van der Waals surface area (Å²) in [5, 5.41) is 6.15. The number of anilines is 1. The molecule has 0 unspecified atom stereocenters. The molecule has 1 atom stereocenters. The first kappa shape index (κ1) is 15.7. The van der Waals surface area contributed by atoms with Crippen LogP contribution in [0.15, 0.2) is 53.0 Å². The van der Waals surface area contributed by atoms with E-state index in [0.717, 1.165) is 21.3 Å². The van der Waals surface area contributed by atoms with E-state index < -0.39 is 0 Å². The number of amides is 1. The van der Waals surface area contributed by atoms with Gasteiger partial charge in [-0.1, -0.05) is 46.3 Å². The van der Waals surface area contributed by atoms with Crippen LogP contribution in [-0.4, -0.2) is 12.5 Å². The number of para-hydroxylation sites is 1. The molecular weight excluding hydrogens is 328 g/mol. The highest BCUT2D eigenvalue weighted by Gasteiger charge is 2.08. The van der Waals surface area contributed by atoms with Crippen LogP contribution in [0, 0.1) is 6.92 Å². The molecule has 110 valence electrons. The van der Waals surface area contributed by atoms with Crippen molar-refractivity contribution in [2.45, 2.75) is 19.9 Å². The van der Waals surface area contributed by atoms with Crippen molar-refractivity contribution in [2.24, 2.45) is 0 Å². The van der Waals surface area contributed by atoms with Gasteiger partial charge in [-0.05, 0) is 43.2 Å². The van der Waals surface area contributed by atoms with Crippen LogP contribution < -0.4 is 10.6 Å². The van der Waals surface area contributed by atoms with E-state index in [0.29, 0.717) is 0 Å². The van der Waals surface area contributed by atoms with Gasteiger partial charge in [0.2, 0.25) is 5.91 Å². The minimum Gasteiger partial charge on any atom is -0.325 e. The highest BCUT2D eigenvalue weighted by atomic mass is 79.9. The first-order chi connectivity index (χ1) is 10.1. The van der Waals surface area contributed by atoms with Crippen molar-refractivity contribution in [2.75, 3.05) is 11.9 Å². The monoisotopic (exact) mass is 346 g/mol. The minimum absolute atomic E-state index is 0.0340. The van der Waals surface area contributed by atoms with E-state index in [-0.39, 0.29) is 18.5 Å². The van der Waals surface area contributed by atoms with Gasteiger partial charge in [-0.3, -0.25) is 4.79 Å². The van der Waals surface area contributed by atoms with Gasteiger partial charge in [-0.2, -0.15) is 0 Å². The van der Waals surface area contributed by atoms with Crippen LogP contribution >= 0.6 is 15.9 Å². The number of carbonyl (C=O) groups is 1. The van der Waals surface area contributed by atoms with Crippen LogP contribution in [0.1, 0.15) is 24.1 Å². The maximum absolute atomic E-state index is 12.0. The number of halogens is 1. The molecule has 0 aliphatic heterocycles. The van der Waals surface area contributed by atoms with Crippen LogP contribution in [-0.2, 0) is 4.79 Å². The summed E-state index contributed by atoms with van der Waals surface area (Å²) in [5.41, 5.74) is 3.08. The van der Waals surface area contributed by atoms with Gasteiger partial charge in [0.25, 0.3) is 0 Å². The van der Waals surface area contributed by atoms with Crippen LogP contribution in [0.4, 0.5) is 5.69 Å². The summed E-state index contributed by atoms with van der Waals surface area (Å²) in [5.74, 6) is -0.0340. The molecule has 2 aromatic rings. The zero-order valence-corrected chi connectivity index (χ0v) is 13.8. The largest absolute Gasteiger partial charge is 0.325 e. The lowest BCUT2D eigenvalue weighted by Gasteiger charge is -2.15. The predicted octanol–water partition coefficient (Wildman–Crippen LogP) is 4.05. The van der Waals surface area contributed by atoms with Crippen molar-refractivity contribution < 1.29 is 4.79 Å². The number of hydrogen-bond donors (Lipinski definition) is 2. The smallest absolute Gasteiger partial charge is 0.238 e. The number of carbonyl (C=O) groups excluding carboxylic acids is 1. The molecule has 2 aromatic carbocycles. The van der Waals surface area contributed by atoms with Crippen molar-refractivity contribution in [1.29, 1.82) is 0 Å². The number of rotatable bonds is 5. The molecule has 0 saturated carbocycles. The first-order valence-corrected chi connectivity index (χ1v) is 7.70. The van der Waals surface area contributed by atoms with Crippen molar-refractivity contribution in [3.05, 3.63) is 64.1 Å². The normalized spacial score (nSPS) is 12.0. The molecular formula is C17H19BrN2O. The fraction of sp³-hybridized carbons (Fsp3) is 0.235. The SMILES string of the molecule is Cc1ccccc1NC(=O)CN[C@H](C)c1ccc(Br)cc1. The van der Waals surface area contributed by atoms with Crippen LogP contribution in [0.5, 0.6) is 0 Å². The summed E-state index contributed by atoms with van der Waals surface area (Å²) in [6.07, 6.45) is 0. The fourth-order valence-corrected chi connectivity index (χ4v) is 2.29. The lowest BCUT2D eigenvalue weighted by molar-refractivity contribution is -0.115. The number of nitrogens with one attached hydrogen (secondary N) is 2. The maximum atomic E-state index is 12.0. The number of hydrogen-bond acceptors (Lipinski definition) is 2. The van der Waals surface area contributed by atoms with Gasteiger partial charge in [0.1, 0.15) is 0 Å². The van der Waals surface area contributed by atoms with Crippen molar-refractivity contribution >= 4 is 27.5 Å². The summed E-state index contributed by atoms with van der Waals surface area (Å²) in [6, 6.07) is 16.0. The average molecular weight is 347 g/mol.